The Kier molecular flexibility index (Phi) is 4.43. The third kappa shape index (κ3) is 3.05. The molecule has 18 heavy (non-hydrogen) atoms. The van der Waals surface area contributed by atoms with Crippen LogP contribution in [0.5, 0.6) is 0 Å². The first-order valence-electron chi connectivity index (χ1n) is 5.73. The Bertz CT molecular complexity index is 446. The number of hydrogen-bond donors (Lipinski definition) is 3. The van der Waals surface area contributed by atoms with Crippen LogP contribution in [0.15, 0.2) is 18.2 Å². The van der Waals surface area contributed by atoms with E-state index in [0.717, 1.165) is 0 Å². The summed E-state index contributed by atoms with van der Waals surface area (Å²) in [7, 11) is 1.82. The molecule has 1 aromatic rings. The number of hydrogen-bond acceptors (Lipinski definition) is 3. The van der Waals surface area contributed by atoms with E-state index in [1.165, 1.54) is 6.07 Å². The third-order valence-electron chi connectivity index (χ3n) is 3.20. The molecular formula is C13H20FN3O. The van der Waals surface area contributed by atoms with Crippen LogP contribution >= 0.6 is 0 Å². The second-order valence-corrected chi connectivity index (χ2v) is 5.02. The maximum atomic E-state index is 14.1. The van der Waals surface area contributed by atoms with Crippen molar-refractivity contribution in [3.8, 4) is 0 Å². The molecule has 0 spiro atoms. The lowest BCUT2D eigenvalue weighted by Gasteiger charge is -2.34. The molecule has 0 heterocycles. The van der Waals surface area contributed by atoms with Crippen LogP contribution < -0.4 is 5.73 Å². The molecule has 100 valence electrons. The standard InChI is InChI=1S/C13H20FN3O/c1-13(2,8-18)17(3)7-9-5-4-6-10(11(9)14)12(15)16/h4-6,18H,7-8H2,1-3H3,(H3,15,16). The van der Waals surface area contributed by atoms with Crippen LogP contribution in [0.3, 0.4) is 0 Å². The van der Waals surface area contributed by atoms with Crippen LogP contribution in [-0.2, 0) is 6.54 Å². The van der Waals surface area contributed by atoms with E-state index >= 15 is 0 Å². The number of amidine groups is 1. The van der Waals surface area contributed by atoms with Gasteiger partial charge >= 0.3 is 0 Å². The summed E-state index contributed by atoms with van der Waals surface area (Å²) >= 11 is 0. The van der Waals surface area contributed by atoms with E-state index in [9.17, 15) is 9.50 Å². The van der Waals surface area contributed by atoms with Crippen LogP contribution in [0.2, 0.25) is 0 Å². The van der Waals surface area contributed by atoms with Crippen molar-refractivity contribution in [2.75, 3.05) is 13.7 Å². The molecule has 5 heteroatoms. The minimum atomic E-state index is -0.467. The van der Waals surface area contributed by atoms with Gasteiger partial charge in [0.25, 0.3) is 0 Å². The highest BCUT2D eigenvalue weighted by Gasteiger charge is 2.23. The largest absolute Gasteiger partial charge is 0.394 e. The van der Waals surface area contributed by atoms with Crippen LogP contribution in [0.1, 0.15) is 25.0 Å². The van der Waals surface area contributed by atoms with Gasteiger partial charge in [0.05, 0.1) is 12.2 Å². The van der Waals surface area contributed by atoms with Crippen molar-refractivity contribution < 1.29 is 9.50 Å². The maximum Gasteiger partial charge on any atom is 0.138 e. The fourth-order valence-electron chi connectivity index (χ4n) is 1.50. The molecule has 0 atom stereocenters. The first kappa shape index (κ1) is 14.6. The Morgan fingerprint density at radius 3 is 2.61 bits per heavy atom. The Hall–Kier alpha value is -1.46. The van der Waals surface area contributed by atoms with Crippen LogP contribution in [0, 0.1) is 11.2 Å². The van der Waals surface area contributed by atoms with Gasteiger partial charge in [-0.3, -0.25) is 10.3 Å². The number of benzene rings is 1. The van der Waals surface area contributed by atoms with Crippen molar-refractivity contribution in [2.24, 2.45) is 5.73 Å². The number of likely N-dealkylation sites (N-methyl/N-ethyl adjacent to an activating group) is 1. The predicted molar refractivity (Wildman–Crippen MR) is 70.0 cm³/mol. The summed E-state index contributed by atoms with van der Waals surface area (Å²) in [5, 5.41) is 16.6. The number of rotatable bonds is 5. The molecule has 4 nitrogen and oxygen atoms in total. The summed E-state index contributed by atoms with van der Waals surface area (Å²) in [6.07, 6.45) is 0. The van der Waals surface area contributed by atoms with Crippen molar-refractivity contribution in [3.05, 3.63) is 35.1 Å². The van der Waals surface area contributed by atoms with Gasteiger partial charge in [0.1, 0.15) is 11.7 Å². The van der Waals surface area contributed by atoms with Gasteiger partial charge < -0.3 is 10.8 Å². The average molecular weight is 253 g/mol. The number of nitrogen functional groups attached to an aromatic ring is 1. The van der Waals surface area contributed by atoms with Crippen LogP contribution in [-0.4, -0.2) is 35.0 Å². The summed E-state index contributed by atoms with van der Waals surface area (Å²) in [5.74, 6) is -0.746. The summed E-state index contributed by atoms with van der Waals surface area (Å²) in [4.78, 5) is 1.86. The van der Waals surface area contributed by atoms with Crippen molar-refractivity contribution in [1.82, 2.24) is 4.90 Å². The fourth-order valence-corrected chi connectivity index (χ4v) is 1.50. The lowest BCUT2D eigenvalue weighted by atomic mass is 10.0. The second-order valence-electron chi connectivity index (χ2n) is 5.02. The first-order valence-corrected chi connectivity index (χ1v) is 5.73. The highest BCUT2D eigenvalue weighted by atomic mass is 19.1. The monoisotopic (exact) mass is 253 g/mol. The molecule has 0 aliphatic carbocycles. The van der Waals surface area contributed by atoms with Gasteiger partial charge in [-0.25, -0.2) is 4.39 Å². The minimum Gasteiger partial charge on any atom is -0.394 e. The molecule has 1 aromatic carbocycles. The number of nitrogens with one attached hydrogen (secondary N) is 1. The lowest BCUT2D eigenvalue weighted by Crippen LogP contribution is -2.43. The van der Waals surface area contributed by atoms with Gasteiger partial charge in [-0.05, 0) is 27.0 Å². The summed E-state index contributed by atoms with van der Waals surface area (Å²) in [6.45, 7) is 4.08. The first-order chi connectivity index (χ1) is 8.29. The molecular weight excluding hydrogens is 233 g/mol. The van der Waals surface area contributed by atoms with E-state index in [-0.39, 0.29) is 18.0 Å². The van der Waals surface area contributed by atoms with Gasteiger partial charge in [-0.15, -0.1) is 0 Å². The number of aliphatic hydroxyl groups is 1. The van der Waals surface area contributed by atoms with E-state index in [1.54, 1.807) is 12.1 Å². The third-order valence-corrected chi connectivity index (χ3v) is 3.20. The number of aliphatic hydroxyl groups excluding tert-OH is 1. The molecule has 0 bridgehead atoms. The Morgan fingerprint density at radius 2 is 2.11 bits per heavy atom. The van der Waals surface area contributed by atoms with Crippen LogP contribution in [0.25, 0.3) is 0 Å². The minimum absolute atomic E-state index is 0.0164. The lowest BCUT2D eigenvalue weighted by molar-refractivity contribution is 0.0725. The fraction of sp³-hybridized carbons (Fsp3) is 0.462. The smallest absolute Gasteiger partial charge is 0.138 e. The Balaban J connectivity index is 2.99. The molecule has 1 rings (SSSR count). The molecule has 0 saturated carbocycles. The van der Waals surface area contributed by atoms with Crippen molar-refractivity contribution in [2.45, 2.75) is 25.9 Å². The van der Waals surface area contributed by atoms with E-state index < -0.39 is 11.4 Å². The molecule has 4 N–H and O–H groups in total. The van der Waals surface area contributed by atoms with Crippen molar-refractivity contribution >= 4 is 5.84 Å². The zero-order valence-electron chi connectivity index (χ0n) is 11.0. The van der Waals surface area contributed by atoms with Gasteiger partial charge in [-0.2, -0.15) is 0 Å². The molecule has 0 aromatic heterocycles. The van der Waals surface area contributed by atoms with Gasteiger partial charge in [0.2, 0.25) is 0 Å². The number of nitrogens with two attached hydrogens (primary N) is 1. The highest BCUT2D eigenvalue weighted by molar-refractivity contribution is 5.95. The normalized spacial score (nSPS) is 11.9. The summed E-state index contributed by atoms with van der Waals surface area (Å²) in [6, 6.07) is 4.82. The highest BCUT2D eigenvalue weighted by Crippen LogP contribution is 2.19. The van der Waals surface area contributed by atoms with Gasteiger partial charge in [0.15, 0.2) is 0 Å². The molecule has 0 amide bonds. The van der Waals surface area contributed by atoms with Crippen LogP contribution in [0.4, 0.5) is 4.39 Å². The van der Waals surface area contributed by atoms with E-state index in [1.807, 2.05) is 25.8 Å². The average Bonchev–Trinajstić information content (AvgIpc) is 2.31. The molecule has 0 radical (unpaired) electrons. The van der Waals surface area contributed by atoms with E-state index in [2.05, 4.69) is 0 Å². The Labute approximate surface area is 107 Å². The van der Waals surface area contributed by atoms with E-state index in [4.69, 9.17) is 11.1 Å². The molecule has 0 saturated heterocycles. The number of nitrogens with zero attached hydrogens (tertiary/aromatic N) is 1. The predicted octanol–water partition coefficient (Wildman–Crippen LogP) is 1.31. The van der Waals surface area contributed by atoms with E-state index in [0.29, 0.717) is 12.1 Å². The van der Waals surface area contributed by atoms with Gasteiger partial charge in [-0.1, -0.05) is 12.1 Å². The molecule has 0 aliphatic rings. The number of halogens is 1. The maximum absolute atomic E-state index is 14.1. The quantitative estimate of drug-likeness (QED) is 0.547. The Morgan fingerprint density at radius 1 is 1.50 bits per heavy atom. The molecule has 0 unspecified atom stereocenters. The summed E-state index contributed by atoms with van der Waals surface area (Å²) in [5.41, 5.74) is 5.46. The SMILES string of the molecule is CN(Cc1cccc(C(=N)N)c1F)C(C)(C)CO. The summed E-state index contributed by atoms with van der Waals surface area (Å²) < 4.78 is 14.1. The second kappa shape index (κ2) is 5.46. The molecule has 0 fully saturated rings. The topological polar surface area (TPSA) is 73.3 Å². The van der Waals surface area contributed by atoms with Crippen molar-refractivity contribution in [1.29, 1.82) is 5.41 Å². The molecule has 0 aliphatic heterocycles. The van der Waals surface area contributed by atoms with Crippen molar-refractivity contribution in [3.63, 3.8) is 0 Å². The zero-order valence-corrected chi connectivity index (χ0v) is 11.0. The van der Waals surface area contributed by atoms with Gasteiger partial charge in [0, 0.05) is 17.6 Å². The zero-order chi connectivity index (χ0) is 13.9.